The highest BCUT2D eigenvalue weighted by Crippen LogP contribution is 2.47. The summed E-state index contributed by atoms with van der Waals surface area (Å²) in [6.45, 7) is 1.97. The number of anilines is 3. The molecule has 0 saturated carbocycles. The summed E-state index contributed by atoms with van der Waals surface area (Å²) in [5, 5.41) is 0. The van der Waals surface area contributed by atoms with Crippen molar-refractivity contribution < 1.29 is 14.3 Å². The van der Waals surface area contributed by atoms with E-state index in [0.717, 1.165) is 28.4 Å². The lowest BCUT2D eigenvalue weighted by Crippen LogP contribution is -2.12. The van der Waals surface area contributed by atoms with E-state index >= 15 is 0 Å². The maximum absolute atomic E-state index is 12.6. The number of methoxy groups -OCH3 is 1. The molecule has 0 bridgehead atoms. The Bertz CT molecular complexity index is 965. The Labute approximate surface area is 146 Å². The van der Waals surface area contributed by atoms with Crippen molar-refractivity contribution in [3.8, 4) is 11.5 Å². The van der Waals surface area contributed by atoms with Crippen LogP contribution in [0.4, 0.5) is 17.1 Å². The summed E-state index contributed by atoms with van der Waals surface area (Å²) < 4.78 is 11.2. The van der Waals surface area contributed by atoms with Crippen LogP contribution in [0.3, 0.4) is 0 Å². The van der Waals surface area contributed by atoms with Gasteiger partial charge in [-0.25, -0.2) is 4.79 Å². The molecule has 0 atom stereocenters. The minimum Gasteiger partial charge on any atom is -0.495 e. The van der Waals surface area contributed by atoms with Gasteiger partial charge in [0.05, 0.1) is 29.7 Å². The molecule has 3 aromatic rings. The van der Waals surface area contributed by atoms with E-state index in [1.165, 1.54) is 0 Å². The number of ether oxygens (including phenoxy) is 2. The maximum Gasteiger partial charge on any atom is 0.345 e. The fourth-order valence-electron chi connectivity index (χ4n) is 3.09. The molecule has 0 radical (unpaired) electrons. The summed E-state index contributed by atoms with van der Waals surface area (Å²) in [4.78, 5) is 14.6. The number of esters is 1. The number of rotatable bonds is 2. The molecule has 25 heavy (non-hydrogen) atoms. The Kier molecular flexibility index (Phi) is 3.65. The molecule has 4 nitrogen and oxygen atoms in total. The van der Waals surface area contributed by atoms with E-state index in [0.29, 0.717) is 11.3 Å². The van der Waals surface area contributed by atoms with E-state index in [1.807, 2.05) is 72.5 Å². The Morgan fingerprint density at radius 1 is 0.880 bits per heavy atom. The summed E-state index contributed by atoms with van der Waals surface area (Å²) in [6, 6.07) is 21.0. The van der Waals surface area contributed by atoms with Gasteiger partial charge < -0.3 is 14.4 Å². The lowest BCUT2D eigenvalue weighted by Gasteiger charge is -2.27. The van der Waals surface area contributed by atoms with Crippen molar-refractivity contribution >= 4 is 23.0 Å². The summed E-state index contributed by atoms with van der Waals surface area (Å²) in [7, 11) is 1.64. The predicted octanol–water partition coefficient (Wildman–Crippen LogP) is 5.01. The van der Waals surface area contributed by atoms with Crippen LogP contribution in [0.2, 0.25) is 0 Å². The van der Waals surface area contributed by atoms with Gasteiger partial charge in [0.15, 0.2) is 5.75 Å². The van der Waals surface area contributed by atoms with Gasteiger partial charge in [0.25, 0.3) is 0 Å². The fraction of sp³-hybridized carbons (Fsp3) is 0.0952. The van der Waals surface area contributed by atoms with Gasteiger partial charge in [-0.15, -0.1) is 0 Å². The Morgan fingerprint density at radius 3 is 2.40 bits per heavy atom. The third-order valence-corrected chi connectivity index (χ3v) is 4.25. The van der Waals surface area contributed by atoms with Crippen LogP contribution in [0.1, 0.15) is 15.9 Å². The molecule has 1 heterocycles. The lowest BCUT2D eigenvalue weighted by atomic mass is 10.1. The molecular formula is C21H17NO3. The van der Waals surface area contributed by atoms with Gasteiger partial charge in [0, 0.05) is 0 Å². The van der Waals surface area contributed by atoms with Crippen molar-refractivity contribution in [2.45, 2.75) is 6.92 Å². The molecule has 0 saturated heterocycles. The van der Waals surface area contributed by atoms with Crippen molar-refractivity contribution in [2.75, 3.05) is 12.0 Å². The van der Waals surface area contributed by atoms with Crippen LogP contribution in [0.5, 0.6) is 11.5 Å². The van der Waals surface area contributed by atoms with E-state index < -0.39 is 0 Å². The first kappa shape index (κ1) is 15.3. The number of hydrogen-bond donors (Lipinski definition) is 0. The van der Waals surface area contributed by atoms with Gasteiger partial charge in [-0.2, -0.15) is 0 Å². The molecule has 0 fully saturated rings. The number of hydrogen-bond acceptors (Lipinski definition) is 4. The molecule has 0 spiro atoms. The molecule has 0 amide bonds. The number of benzene rings is 3. The van der Waals surface area contributed by atoms with Crippen LogP contribution in [0.15, 0.2) is 66.7 Å². The van der Waals surface area contributed by atoms with E-state index in [2.05, 4.69) is 0 Å². The third-order valence-electron chi connectivity index (χ3n) is 4.25. The van der Waals surface area contributed by atoms with Crippen molar-refractivity contribution in [3.05, 3.63) is 77.9 Å². The molecular weight excluding hydrogens is 314 g/mol. The van der Waals surface area contributed by atoms with E-state index in [9.17, 15) is 4.79 Å². The zero-order chi connectivity index (χ0) is 17.4. The molecule has 1 aliphatic heterocycles. The van der Waals surface area contributed by atoms with Crippen molar-refractivity contribution in [3.63, 3.8) is 0 Å². The zero-order valence-electron chi connectivity index (χ0n) is 14.0. The molecule has 3 aromatic carbocycles. The van der Waals surface area contributed by atoms with E-state index in [1.54, 1.807) is 13.2 Å². The zero-order valence-corrected chi connectivity index (χ0v) is 14.0. The van der Waals surface area contributed by atoms with E-state index in [4.69, 9.17) is 9.47 Å². The summed E-state index contributed by atoms with van der Waals surface area (Å²) in [5.41, 5.74) is 3.95. The minimum atomic E-state index is -0.361. The highest BCUT2D eigenvalue weighted by molar-refractivity contribution is 6.03. The molecule has 124 valence electrons. The molecule has 0 aliphatic carbocycles. The number of nitrogens with zero attached hydrogens (tertiary/aromatic N) is 1. The molecule has 0 unspecified atom stereocenters. The van der Waals surface area contributed by atoms with Crippen LogP contribution < -0.4 is 14.4 Å². The van der Waals surface area contributed by atoms with E-state index in [-0.39, 0.29) is 5.97 Å². The molecule has 4 heteroatoms. The molecule has 0 N–H and O–H groups in total. The Balaban J connectivity index is 2.05. The van der Waals surface area contributed by atoms with Gasteiger partial charge in [-0.05, 0) is 48.9 Å². The third kappa shape index (κ3) is 2.52. The van der Waals surface area contributed by atoms with Crippen LogP contribution in [-0.2, 0) is 0 Å². The Morgan fingerprint density at radius 2 is 1.60 bits per heavy atom. The average Bonchev–Trinajstić information content (AvgIpc) is 2.75. The first-order chi connectivity index (χ1) is 12.2. The van der Waals surface area contributed by atoms with Crippen molar-refractivity contribution in [1.29, 1.82) is 0 Å². The SMILES string of the molecule is COc1ccccc1N1c2ccc(C)cc2OC(=O)c2ccccc21. The second-order valence-electron chi connectivity index (χ2n) is 5.89. The van der Waals surface area contributed by atoms with Crippen LogP contribution in [0.25, 0.3) is 0 Å². The summed E-state index contributed by atoms with van der Waals surface area (Å²) in [5.74, 6) is 0.894. The monoisotopic (exact) mass is 331 g/mol. The highest BCUT2D eigenvalue weighted by atomic mass is 16.5. The van der Waals surface area contributed by atoms with Gasteiger partial charge in [-0.3, -0.25) is 0 Å². The van der Waals surface area contributed by atoms with Crippen LogP contribution in [0, 0.1) is 6.92 Å². The quantitative estimate of drug-likeness (QED) is 0.489. The van der Waals surface area contributed by atoms with Crippen LogP contribution in [-0.4, -0.2) is 13.1 Å². The average molecular weight is 331 g/mol. The highest BCUT2D eigenvalue weighted by Gasteiger charge is 2.29. The normalized spacial score (nSPS) is 12.7. The number of aryl methyl sites for hydroxylation is 1. The number of fused-ring (bicyclic) bond motifs is 2. The van der Waals surface area contributed by atoms with Gasteiger partial charge >= 0.3 is 5.97 Å². The van der Waals surface area contributed by atoms with Crippen molar-refractivity contribution in [2.24, 2.45) is 0 Å². The first-order valence-electron chi connectivity index (χ1n) is 8.04. The van der Waals surface area contributed by atoms with Crippen molar-refractivity contribution in [1.82, 2.24) is 0 Å². The maximum atomic E-state index is 12.6. The number of carbonyl (C=O) groups excluding carboxylic acids is 1. The smallest absolute Gasteiger partial charge is 0.345 e. The largest absolute Gasteiger partial charge is 0.495 e. The van der Waals surface area contributed by atoms with Gasteiger partial charge in [0.2, 0.25) is 0 Å². The summed E-state index contributed by atoms with van der Waals surface area (Å²) in [6.07, 6.45) is 0. The van der Waals surface area contributed by atoms with Gasteiger partial charge in [-0.1, -0.05) is 30.3 Å². The first-order valence-corrected chi connectivity index (χ1v) is 8.04. The number of carbonyl (C=O) groups is 1. The topological polar surface area (TPSA) is 38.8 Å². The second kappa shape index (κ2) is 5.98. The summed E-state index contributed by atoms with van der Waals surface area (Å²) >= 11 is 0. The molecule has 1 aliphatic rings. The minimum absolute atomic E-state index is 0.361. The fourth-order valence-corrected chi connectivity index (χ4v) is 3.09. The van der Waals surface area contributed by atoms with Gasteiger partial charge in [0.1, 0.15) is 5.75 Å². The number of para-hydroxylation sites is 3. The lowest BCUT2D eigenvalue weighted by molar-refractivity contribution is 0.0738. The standard InChI is InChI=1S/C21H17NO3/c1-14-11-12-18-20(13-14)25-21(23)15-7-3-4-8-16(15)22(18)17-9-5-6-10-19(17)24-2/h3-13H,1-2H3. The van der Waals surface area contributed by atoms with Crippen LogP contribution >= 0.6 is 0 Å². The molecule has 4 rings (SSSR count). The predicted molar refractivity (Wildman–Crippen MR) is 97.4 cm³/mol. The second-order valence-corrected chi connectivity index (χ2v) is 5.89. The molecule has 0 aromatic heterocycles. The Hall–Kier alpha value is -3.27.